The summed E-state index contributed by atoms with van der Waals surface area (Å²) < 4.78 is 12.0. The molecule has 1 heterocycles. The molecular weight excluding hydrogens is 278 g/mol. The summed E-state index contributed by atoms with van der Waals surface area (Å²) in [6.45, 7) is 3.85. The van der Waals surface area contributed by atoms with Gasteiger partial charge in [0, 0.05) is 6.04 Å². The minimum Gasteiger partial charge on any atom is -0.477 e. The molecule has 0 spiro atoms. The van der Waals surface area contributed by atoms with Gasteiger partial charge in [-0.15, -0.1) is 0 Å². The number of carbonyl (C=O) groups excluding carboxylic acids is 1. The van der Waals surface area contributed by atoms with E-state index in [9.17, 15) is 4.79 Å². The van der Waals surface area contributed by atoms with Gasteiger partial charge in [-0.3, -0.25) is 4.79 Å². The highest BCUT2D eigenvalue weighted by molar-refractivity contribution is 5.82. The SMILES string of the molecule is CC(C)NC(=O)C1Oc2ccccc2OC1c1ccccc1. The minimum atomic E-state index is -0.709. The van der Waals surface area contributed by atoms with E-state index in [4.69, 9.17) is 9.47 Å². The Balaban J connectivity index is 1.95. The van der Waals surface area contributed by atoms with Gasteiger partial charge in [-0.1, -0.05) is 42.5 Å². The number of fused-ring (bicyclic) bond motifs is 1. The van der Waals surface area contributed by atoms with Gasteiger partial charge in [0.05, 0.1) is 0 Å². The van der Waals surface area contributed by atoms with Crippen LogP contribution in [0, 0.1) is 0 Å². The molecule has 4 nitrogen and oxygen atoms in total. The Morgan fingerprint density at radius 3 is 2.18 bits per heavy atom. The quantitative estimate of drug-likeness (QED) is 0.947. The second kappa shape index (κ2) is 6.10. The number of carbonyl (C=O) groups is 1. The molecule has 0 radical (unpaired) electrons. The van der Waals surface area contributed by atoms with Crippen LogP contribution in [0.4, 0.5) is 0 Å². The number of nitrogens with one attached hydrogen (secondary N) is 1. The van der Waals surface area contributed by atoms with Crippen molar-refractivity contribution in [2.75, 3.05) is 0 Å². The molecule has 114 valence electrons. The van der Waals surface area contributed by atoms with Crippen LogP contribution in [0.3, 0.4) is 0 Å². The lowest BCUT2D eigenvalue weighted by molar-refractivity contribution is -0.134. The van der Waals surface area contributed by atoms with E-state index in [2.05, 4.69) is 5.32 Å². The number of hydrogen-bond acceptors (Lipinski definition) is 3. The maximum Gasteiger partial charge on any atom is 0.265 e. The third-order valence-electron chi connectivity index (χ3n) is 3.45. The van der Waals surface area contributed by atoms with Crippen molar-refractivity contribution >= 4 is 5.91 Å². The van der Waals surface area contributed by atoms with Crippen LogP contribution in [0.15, 0.2) is 54.6 Å². The van der Waals surface area contributed by atoms with Crippen LogP contribution in [0.2, 0.25) is 0 Å². The third kappa shape index (κ3) is 2.91. The molecule has 0 saturated heterocycles. The van der Waals surface area contributed by atoms with Crippen LogP contribution in [-0.2, 0) is 4.79 Å². The number of hydrogen-bond donors (Lipinski definition) is 1. The Labute approximate surface area is 130 Å². The minimum absolute atomic E-state index is 0.0460. The van der Waals surface area contributed by atoms with Gasteiger partial charge in [-0.05, 0) is 31.5 Å². The van der Waals surface area contributed by atoms with Crippen molar-refractivity contribution in [1.82, 2.24) is 5.32 Å². The van der Waals surface area contributed by atoms with E-state index >= 15 is 0 Å². The maximum absolute atomic E-state index is 12.5. The fourth-order valence-corrected chi connectivity index (χ4v) is 2.49. The van der Waals surface area contributed by atoms with Crippen LogP contribution in [0.1, 0.15) is 25.5 Å². The lowest BCUT2D eigenvalue weighted by atomic mass is 10.0. The zero-order chi connectivity index (χ0) is 15.5. The Morgan fingerprint density at radius 1 is 0.955 bits per heavy atom. The summed E-state index contributed by atoms with van der Waals surface area (Å²) in [5.41, 5.74) is 0.918. The second-order valence-electron chi connectivity index (χ2n) is 5.60. The summed E-state index contributed by atoms with van der Waals surface area (Å²) in [6.07, 6.45) is -1.17. The average Bonchev–Trinajstić information content (AvgIpc) is 2.54. The van der Waals surface area contributed by atoms with Gasteiger partial charge in [0.1, 0.15) is 0 Å². The molecule has 1 N–H and O–H groups in total. The Bertz CT molecular complexity index is 654. The van der Waals surface area contributed by atoms with Crippen molar-refractivity contribution < 1.29 is 14.3 Å². The lowest BCUT2D eigenvalue weighted by Crippen LogP contribution is -2.47. The molecule has 0 aliphatic carbocycles. The van der Waals surface area contributed by atoms with Crippen LogP contribution in [0.5, 0.6) is 11.5 Å². The van der Waals surface area contributed by atoms with E-state index in [0.29, 0.717) is 11.5 Å². The highest BCUT2D eigenvalue weighted by Crippen LogP contribution is 2.39. The summed E-state index contributed by atoms with van der Waals surface area (Å²) in [5.74, 6) is 1.09. The van der Waals surface area contributed by atoms with Crippen molar-refractivity contribution in [3.8, 4) is 11.5 Å². The number of amides is 1. The number of rotatable bonds is 3. The van der Waals surface area contributed by atoms with Crippen molar-refractivity contribution in [2.24, 2.45) is 0 Å². The number of ether oxygens (including phenoxy) is 2. The van der Waals surface area contributed by atoms with Crippen molar-refractivity contribution in [1.29, 1.82) is 0 Å². The zero-order valence-corrected chi connectivity index (χ0v) is 12.7. The molecule has 1 amide bonds. The van der Waals surface area contributed by atoms with Gasteiger partial charge in [0.15, 0.2) is 17.6 Å². The van der Waals surface area contributed by atoms with E-state index in [1.165, 1.54) is 0 Å². The highest BCUT2D eigenvalue weighted by Gasteiger charge is 2.38. The fourth-order valence-electron chi connectivity index (χ4n) is 2.49. The lowest BCUT2D eigenvalue weighted by Gasteiger charge is -2.33. The normalized spacial score (nSPS) is 19.8. The van der Waals surface area contributed by atoms with E-state index in [0.717, 1.165) is 5.56 Å². The van der Waals surface area contributed by atoms with Crippen LogP contribution >= 0.6 is 0 Å². The molecule has 2 unspecified atom stereocenters. The van der Waals surface area contributed by atoms with E-state index in [1.807, 2.05) is 68.4 Å². The Kier molecular flexibility index (Phi) is 4.00. The zero-order valence-electron chi connectivity index (χ0n) is 12.7. The largest absolute Gasteiger partial charge is 0.477 e. The molecule has 1 aliphatic heterocycles. The van der Waals surface area contributed by atoms with Crippen LogP contribution in [0.25, 0.3) is 0 Å². The molecule has 0 aromatic heterocycles. The summed E-state index contributed by atoms with van der Waals surface area (Å²) in [5, 5.41) is 2.90. The average molecular weight is 297 g/mol. The van der Waals surface area contributed by atoms with Gasteiger partial charge < -0.3 is 14.8 Å². The molecule has 0 fully saturated rings. The molecule has 0 saturated carbocycles. The molecular formula is C18H19NO3. The van der Waals surface area contributed by atoms with Gasteiger partial charge in [0.2, 0.25) is 6.10 Å². The van der Waals surface area contributed by atoms with Crippen LogP contribution in [-0.4, -0.2) is 18.1 Å². The molecule has 2 aromatic carbocycles. The van der Waals surface area contributed by atoms with E-state index in [1.54, 1.807) is 0 Å². The van der Waals surface area contributed by atoms with E-state index in [-0.39, 0.29) is 11.9 Å². The number of para-hydroxylation sites is 2. The summed E-state index contributed by atoms with van der Waals surface area (Å²) in [4.78, 5) is 12.5. The smallest absolute Gasteiger partial charge is 0.265 e. The molecule has 3 rings (SSSR count). The van der Waals surface area contributed by atoms with Crippen molar-refractivity contribution in [3.63, 3.8) is 0 Å². The predicted octanol–water partition coefficient (Wildman–Crippen LogP) is 3.09. The van der Waals surface area contributed by atoms with E-state index < -0.39 is 12.2 Å². The first-order valence-corrected chi connectivity index (χ1v) is 7.43. The predicted molar refractivity (Wildman–Crippen MR) is 83.9 cm³/mol. The molecule has 1 aliphatic rings. The summed E-state index contributed by atoms with van der Waals surface area (Å²) in [7, 11) is 0. The highest BCUT2D eigenvalue weighted by atomic mass is 16.6. The summed E-state index contributed by atoms with van der Waals surface area (Å²) in [6, 6.07) is 17.1. The topological polar surface area (TPSA) is 47.6 Å². The maximum atomic E-state index is 12.5. The first-order valence-electron chi connectivity index (χ1n) is 7.43. The van der Waals surface area contributed by atoms with Gasteiger partial charge in [-0.2, -0.15) is 0 Å². The van der Waals surface area contributed by atoms with Crippen molar-refractivity contribution in [2.45, 2.75) is 32.1 Å². The Morgan fingerprint density at radius 2 is 1.55 bits per heavy atom. The molecule has 4 heteroatoms. The molecule has 22 heavy (non-hydrogen) atoms. The van der Waals surface area contributed by atoms with Gasteiger partial charge >= 0.3 is 0 Å². The second-order valence-corrected chi connectivity index (χ2v) is 5.60. The number of benzene rings is 2. The van der Waals surface area contributed by atoms with Crippen LogP contribution < -0.4 is 14.8 Å². The third-order valence-corrected chi connectivity index (χ3v) is 3.45. The van der Waals surface area contributed by atoms with Crippen molar-refractivity contribution in [3.05, 3.63) is 60.2 Å². The monoisotopic (exact) mass is 297 g/mol. The molecule has 0 bridgehead atoms. The molecule has 2 atom stereocenters. The Hall–Kier alpha value is -2.49. The first kappa shape index (κ1) is 14.4. The molecule has 2 aromatic rings. The summed E-state index contributed by atoms with van der Waals surface area (Å²) >= 11 is 0. The first-order chi connectivity index (χ1) is 10.6. The fraction of sp³-hybridized carbons (Fsp3) is 0.278. The van der Waals surface area contributed by atoms with Gasteiger partial charge in [0.25, 0.3) is 5.91 Å². The standard InChI is InChI=1S/C18H19NO3/c1-12(2)19-18(20)17-16(13-8-4-3-5-9-13)21-14-10-6-7-11-15(14)22-17/h3-12,16-17H,1-2H3,(H,19,20). The van der Waals surface area contributed by atoms with Gasteiger partial charge in [-0.25, -0.2) is 0 Å².